The molecule has 5 nitrogen and oxygen atoms in total. The topological polar surface area (TPSA) is 58.6 Å². The van der Waals surface area contributed by atoms with Crippen LogP contribution in [0.1, 0.15) is 31.7 Å². The number of anilines is 1. The second kappa shape index (κ2) is 7.22. The van der Waals surface area contributed by atoms with Crippen LogP contribution in [0.15, 0.2) is 24.3 Å². The Kier molecular flexibility index (Phi) is 5.33. The zero-order valence-electron chi connectivity index (χ0n) is 12.6. The molecule has 114 valence electrons. The molecule has 1 aliphatic rings. The third-order valence-electron chi connectivity index (χ3n) is 3.54. The first-order valence-electron chi connectivity index (χ1n) is 7.31. The minimum atomic E-state index is -0.274. The van der Waals surface area contributed by atoms with Gasteiger partial charge in [-0.1, -0.05) is 26.0 Å². The van der Waals surface area contributed by atoms with E-state index in [1.54, 1.807) is 4.90 Å². The van der Waals surface area contributed by atoms with E-state index in [0.29, 0.717) is 32.2 Å². The van der Waals surface area contributed by atoms with E-state index >= 15 is 0 Å². The molecule has 5 heteroatoms. The van der Waals surface area contributed by atoms with Crippen LogP contribution in [0.4, 0.5) is 5.69 Å². The number of hydrogen-bond donors (Lipinski definition) is 1. The van der Waals surface area contributed by atoms with Gasteiger partial charge in [-0.15, -0.1) is 0 Å². The monoisotopic (exact) mass is 290 g/mol. The second-order valence-electron chi connectivity index (χ2n) is 5.49. The van der Waals surface area contributed by atoms with Gasteiger partial charge < -0.3 is 15.0 Å². The summed E-state index contributed by atoms with van der Waals surface area (Å²) in [6.45, 7) is 6.46. The summed E-state index contributed by atoms with van der Waals surface area (Å²) >= 11 is 0. The van der Waals surface area contributed by atoms with Crippen molar-refractivity contribution in [2.45, 2.75) is 26.2 Å². The lowest BCUT2D eigenvalue weighted by molar-refractivity contribution is -0.138. The van der Waals surface area contributed by atoms with Crippen LogP contribution in [0, 0.1) is 0 Å². The highest BCUT2D eigenvalue weighted by atomic mass is 16.5. The number of amides is 2. The van der Waals surface area contributed by atoms with Crippen LogP contribution in [0.3, 0.4) is 0 Å². The van der Waals surface area contributed by atoms with Crippen molar-refractivity contribution < 1.29 is 14.3 Å². The molecule has 21 heavy (non-hydrogen) atoms. The number of nitrogens with one attached hydrogen (secondary N) is 1. The Labute approximate surface area is 125 Å². The molecule has 0 aliphatic carbocycles. The van der Waals surface area contributed by atoms with E-state index in [4.69, 9.17) is 4.74 Å². The van der Waals surface area contributed by atoms with Crippen LogP contribution in [-0.4, -0.2) is 43.0 Å². The quantitative estimate of drug-likeness (QED) is 0.863. The number of benzene rings is 1. The van der Waals surface area contributed by atoms with Gasteiger partial charge in [0.1, 0.15) is 6.42 Å². The third kappa shape index (κ3) is 4.56. The summed E-state index contributed by atoms with van der Waals surface area (Å²) in [6.07, 6.45) is -0.119. The molecule has 0 bridgehead atoms. The summed E-state index contributed by atoms with van der Waals surface area (Å²) in [5.41, 5.74) is 1.94. The largest absolute Gasteiger partial charge is 0.378 e. The van der Waals surface area contributed by atoms with E-state index in [-0.39, 0.29) is 18.2 Å². The molecule has 0 spiro atoms. The average Bonchev–Trinajstić information content (AvgIpc) is 2.48. The number of hydrogen-bond acceptors (Lipinski definition) is 3. The fourth-order valence-electron chi connectivity index (χ4n) is 2.22. The highest BCUT2D eigenvalue weighted by Crippen LogP contribution is 2.17. The molecule has 1 aliphatic heterocycles. The first kappa shape index (κ1) is 15.5. The van der Waals surface area contributed by atoms with E-state index < -0.39 is 0 Å². The second-order valence-corrected chi connectivity index (χ2v) is 5.49. The summed E-state index contributed by atoms with van der Waals surface area (Å²) < 4.78 is 5.19. The molecule has 2 amide bonds. The Morgan fingerprint density at radius 1 is 1.19 bits per heavy atom. The normalized spacial score (nSPS) is 15.1. The lowest BCUT2D eigenvalue weighted by Crippen LogP contribution is -2.41. The van der Waals surface area contributed by atoms with Crippen molar-refractivity contribution in [2.24, 2.45) is 0 Å². The summed E-state index contributed by atoms with van der Waals surface area (Å²) in [6, 6.07) is 7.72. The molecule has 0 aromatic heterocycles. The van der Waals surface area contributed by atoms with Gasteiger partial charge in [0.15, 0.2) is 0 Å². The number of carbonyl (C=O) groups excluding carboxylic acids is 2. The molecule has 1 aromatic rings. The van der Waals surface area contributed by atoms with Crippen molar-refractivity contribution in [3.8, 4) is 0 Å². The van der Waals surface area contributed by atoms with E-state index in [0.717, 1.165) is 5.69 Å². The number of morpholine rings is 1. The fourth-order valence-corrected chi connectivity index (χ4v) is 2.22. The summed E-state index contributed by atoms with van der Waals surface area (Å²) in [7, 11) is 0. The van der Waals surface area contributed by atoms with Crippen molar-refractivity contribution in [3.05, 3.63) is 29.8 Å². The Balaban J connectivity index is 1.84. The molecule has 0 saturated carbocycles. The predicted octanol–water partition coefficient (Wildman–Crippen LogP) is 2.00. The van der Waals surface area contributed by atoms with Gasteiger partial charge in [0.05, 0.1) is 13.2 Å². The molecular formula is C16H22N2O3. The van der Waals surface area contributed by atoms with Crippen molar-refractivity contribution >= 4 is 17.5 Å². The van der Waals surface area contributed by atoms with Gasteiger partial charge in [-0.3, -0.25) is 9.59 Å². The van der Waals surface area contributed by atoms with E-state index in [2.05, 4.69) is 19.2 Å². The Bertz CT molecular complexity index is 491. The molecule has 0 unspecified atom stereocenters. The number of rotatable bonds is 4. The smallest absolute Gasteiger partial charge is 0.233 e. The number of nitrogens with zero attached hydrogens (tertiary/aromatic N) is 1. The minimum absolute atomic E-state index is 0.119. The number of ether oxygens (including phenoxy) is 1. The first-order chi connectivity index (χ1) is 10.1. The summed E-state index contributed by atoms with van der Waals surface area (Å²) in [4.78, 5) is 25.5. The average molecular weight is 290 g/mol. The molecule has 2 rings (SSSR count). The van der Waals surface area contributed by atoms with Crippen molar-refractivity contribution in [1.29, 1.82) is 0 Å². The summed E-state index contributed by atoms with van der Waals surface area (Å²) in [5.74, 6) is 0.0380. The van der Waals surface area contributed by atoms with Crippen molar-refractivity contribution in [1.82, 2.24) is 4.90 Å². The predicted molar refractivity (Wildman–Crippen MR) is 81.2 cm³/mol. The summed E-state index contributed by atoms with van der Waals surface area (Å²) in [5, 5.41) is 2.76. The maximum absolute atomic E-state index is 12.0. The molecule has 0 atom stereocenters. The molecule has 1 saturated heterocycles. The van der Waals surface area contributed by atoms with Crippen LogP contribution in [-0.2, 0) is 14.3 Å². The maximum Gasteiger partial charge on any atom is 0.233 e. The van der Waals surface area contributed by atoms with Crippen molar-refractivity contribution in [3.63, 3.8) is 0 Å². The van der Waals surface area contributed by atoms with Crippen LogP contribution in [0.5, 0.6) is 0 Å². The lowest BCUT2D eigenvalue weighted by Gasteiger charge is -2.26. The third-order valence-corrected chi connectivity index (χ3v) is 3.54. The molecular weight excluding hydrogens is 268 g/mol. The Hall–Kier alpha value is -1.88. The van der Waals surface area contributed by atoms with E-state index in [1.165, 1.54) is 5.56 Å². The van der Waals surface area contributed by atoms with E-state index in [9.17, 15) is 9.59 Å². The van der Waals surface area contributed by atoms with Gasteiger partial charge in [-0.05, 0) is 23.6 Å². The van der Waals surface area contributed by atoms with Gasteiger partial charge in [-0.25, -0.2) is 0 Å². The SMILES string of the molecule is CC(C)c1ccc(NC(=O)CC(=O)N2CCOCC2)cc1. The molecule has 1 heterocycles. The Morgan fingerprint density at radius 3 is 2.38 bits per heavy atom. The van der Waals surface area contributed by atoms with Gasteiger partial charge in [0.25, 0.3) is 0 Å². The van der Waals surface area contributed by atoms with Crippen LogP contribution >= 0.6 is 0 Å². The van der Waals surface area contributed by atoms with Crippen LogP contribution in [0.25, 0.3) is 0 Å². The minimum Gasteiger partial charge on any atom is -0.378 e. The molecule has 1 N–H and O–H groups in total. The van der Waals surface area contributed by atoms with Crippen LogP contribution in [0.2, 0.25) is 0 Å². The van der Waals surface area contributed by atoms with Crippen LogP contribution < -0.4 is 5.32 Å². The lowest BCUT2D eigenvalue weighted by atomic mass is 10.0. The van der Waals surface area contributed by atoms with Gasteiger partial charge in [0, 0.05) is 18.8 Å². The molecule has 1 fully saturated rings. The zero-order valence-corrected chi connectivity index (χ0v) is 12.6. The molecule has 1 aromatic carbocycles. The molecule has 0 radical (unpaired) electrons. The highest BCUT2D eigenvalue weighted by molar-refractivity contribution is 6.03. The van der Waals surface area contributed by atoms with Gasteiger partial charge in [0.2, 0.25) is 11.8 Å². The number of carbonyl (C=O) groups is 2. The van der Waals surface area contributed by atoms with Gasteiger partial charge >= 0.3 is 0 Å². The Morgan fingerprint density at radius 2 is 1.81 bits per heavy atom. The maximum atomic E-state index is 12.0. The first-order valence-corrected chi connectivity index (χ1v) is 7.31. The zero-order chi connectivity index (χ0) is 15.2. The standard InChI is InChI=1S/C16H22N2O3/c1-12(2)13-3-5-14(6-4-13)17-15(19)11-16(20)18-7-9-21-10-8-18/h3-6,12H,7-11H2,1-2H3,(H,17,19). The highest BCUT2D eigenvalue weighted by Gasteiger charge is 2.19. The van der Waals surface area contributed by atoms with E-state index in [1.807, 2.05) is 24.3 Å². The van der Waals surface area contributed by atoms with Gasteiger partial charge in [-0.2, -0.15) is 0 Å². The fraction of sp³-hybridized carbons (Fsp3) is 0.500. The van der Waals surface area contributed by atoms with Crippen molar-refractivity contribution in [2.75, 3.05) is 31.6 Å².